The minimum atomic E-state index is -0.960. The minimum Gasteiger partial charge on any atom is -0.483 e. The standard InChI is InChI=1S/C13H14N2O5/c1-3-6-14-13(17)8-20-12-5-4-10(15(18)19)7-11(12)9(2)16/h1,4-5,7,9,16H,6,8H2,2H3,(H,14,17). The maximum absolute atomic E-state index is 11.3. The summed E-state index contributed by atoms with van der Waals surface area (Å²) in [6, 6.07) is 3.79. The molecule has 106 valence electrons. The Morgan fingerprint density at radius 3 is 2.90 bits per heavy atom. The van der Waals surface area contributed by atoms with Gasteiger partial charge < -0.3 is 15.2 Å². The Morgan fingerprint density at radius 1 is 1.65 bits per heavy atom. The molecular weight excluding hydrogens is 264 g/mol. The van der Waals surface area contributed by atoms with Crippen molar-refractivity contribution < 1.29 is 19.6 Å². The van der Waals surface area contributed by atoms with E-state index in [0.717, 1.165) is 0 Å². The number of nitro benzene ring substituents is 1. The lowest BCUT2D eigenvalue weighted by atomic mass is 10.1. The highest BCUT2D eigenvalue weighted by Gasteiger charge is 2.16. The van der Waals surface area contributed by atoms with Crippen molar-refractivity contribution in [3.8, 4) is 18.1 Å². The smallest absolute Gasteiger partial charge is 0.270 e. The van der Waals surface area contributed by atoms with Crippen molar-refractivity contribution in [1.29, 1.82) is 0 Å². The number of hydrogen-bond acceptors (Lipinski definition) is 5. The third-order valence-corrected chi connectivity index (χ3v) is 2.40. The van der Waals surface area contributed by atoms with E-state index in [0.29, 0.717) is 0 Å². The van der Waals surface area contributed by atoms with Gasteiger partial charge in [-0.2, -0.15) is 0 Å². The van der Waals surface area contributed by atoms with Crippen molar-refractivity contribution in [3.05, 3.63) is 33.9 Å². The molecule has 20 heavy (non-hydrogen) atoms. The highest BCUT2D eigenvalue weighted by molar-refractivity contribution is 5.77. The van der Waals surface area contributed by atoms with Crippen LogP contribution in [0, 0.1) is 22.5 Å². The third kappa shape index (κ3) is 4.26. The van der Waals surface area contributed by atoms with Gasteiger partial charge in [0.15, 0.2) is 6.61 Å². The van der Waals surface area contributed by atoms with Crippen LogP contribution in [0.3, 0.4) is 0 Å². The molecule has 0 radical (unpaired) electrons. The summed E-state index contributed by atoms with van der Waals surface area (Å²) in [4.78, 5) is 21.4. The molecule has 0 aromatic heterocycles. The van der Waals surface area contributed by atoms with Gasteiger partial charge in [-0.05, 0) is 13.0 Å². The number of carbonyl (C=O) groups is 1. The van der Waals surface area contributed by atoms with Crippen molar-refractivity contribution in [2.24, 2.45) is 0 Å². The van der Waals surface area contributed by atoms with Gasteiger partial charge in [0.05, 0.1) is 17.6 Å². The summed E-state index contributed by atoms with van der Waals surface area (Å²) in [5, 5.41) is 22.7. The molecule has 1 rings (SSSR count). The van der Waals surface area contributed by atoms with Crippen LogP contribution in [0.15, 0.2) is 18.2 Å². The maximum Gasteiger partial charge on any atom is 0.270 e. The number of hydrogen-bond donors (Lipinski definition) is 2. The number of nitrogens with one attached hydrogen (secondary N) is 1. The van der Waals surface area contributed by atoms with Crippen LogP contribution in [0.4, 0.5) is 5.69 Å². The molecule has 1 amide bonds. The SMILES string of the molecule is C#CCNC(=O)COc1ccc([N+](=O)[O-])cc1C(C)O. The zero-order valence-corrected chi connectivity index (χ0v) is 10.8. The summed E-state index contributed by atoms with van der Waals surface area (Å²) in [5.41, 5.74) is 0.0778. The number of nitro groups is 1. The lowest BCUT2D eigenvalue weighted by molar-refractivity contribution is -0.385. The Labute approximate surface area is 115 Å². The predicted molar refractivity (Wildman–Crippen MR) is 71.1 cm³/mol. The summed E-state index contributed by atoms with van der Waals surface area (Å²) >= 11 is 0. The number of terminal acetylenes is 1. The quantitative estimate of drug-likeness (QED) is 0.455. The normalized spacial score (nSPS) is 11.2. The highest BCUT2D eigenvalue weighted by Crippen LogP contribution is 2.29. The molecule has 0 fully saturated rings. The van der Waals surface area contributed by atoms with Crippen LogP contribution in [-0.2, 0) is 4.79 Å². The zero-order chi connectivity index (χ0) is 15.1. The maximum atomic E-state index is 11.3. The van der Waals surface area contributed by atoms with Crippen molar-refractivity contribution in [1.82, 2.24) is 5.32 Å². The van der Waals surface area contributed by atoms with E-state index in [4.69, 9.17) is 11.2 Å². The van der Waals surface area contributed by atoms with Gasteiger partial charge in [0.2, 0.25) is 0 Å². The fourth-order valence-corrected chi connectivity index (χ4v) is 1.45. The van der Waals surface area contributed by atoms with Gasteiger partial charge in [-0.1, -0.05) is 5.92 Å². The number of benzene rings is 1. The number of ether oxygens (including phenoxy) is 1. The van der Waals surface area contributed by atoms with Gasteiger partial charge >= 0.3 is 0 Å². The van der Waals surface area contributed by atoms with E-state index in [1.165, 1.54) is 25.1 Å². The molecule has 2 N–H and O–H groups in total. The summed E-state index contributed by atoms with van der Waals surface area (Å²) in [6.45, 7) is 1.25. The van der Waals surface area contributed by atoms with Gasteiger partial charge in [-0.3, -0.25) is 14.9 Å². The predicted octanol–water partition coefficient (Wildman–Crippen LogP) is 0.776. The van der Waals surface area contributed by atoms with Crippen LogP contribution >= 0.6 is 0 Å². The molecule has 1 atom stereocenters. The fourth-order valence-electron chi connectivity index (χ4n) is 1.45. The molecule has 0 bridgehead atoms. The molecule has 7 nitrogen and oxygen atoms in total. The van der Waals surface area contributed by atoms with Crippen LogP contribution in [-0.4, -0.2) is 29.1 Å². The van der Waals surface area contributed by atoms with Crippen LogP contribution < -0.4 is 10.1 Å². The average Bonchev–Trinajstić information content (AvgIpc) is 2.42. The molecule has 0 saturated carbocycles. The largest absolute Gasteiger partial charge is 0.483 e. The van der Waals surface area contributed by atoms with Gasteiger partial charge in [-0.15, -0.1) is 6.42 Å². The number of nitrogens with zero attached hydrogens (tertiary/aromatic N) is 1. The second kappa shape index (κ2) is 7.11. The van der Waals surface area contributed by atoms with Gasteiger partial charge in [0.1, 0.15) is 5.75 Å². The first-order valence-electron chi connectivity index (χ1n) is 5.75. The number of non-ortho nitro benzene ring substituents is 1. The van der Waals surface area contributed by atoms with Gasteiger partial charge in [-0.25, -0.2) is 0 Å². The number of carbonyl (C=O) groups excluding carboxylic acids is 1. The first kappa shape index (κ1) is 15.5. The van der Waals surface area contributed by atoms with E-state index in [-0.39, 0.29) is 30.2 Å². The van der Waals surface area contributed by atoms with Crippen molar-refractivity contribution in [3.63, 3.8) is 0 Å². The molecule has 0 spiro atoms. The highest BCUT2D eigenvalue weighted by atomic mass is 16.6. The molecular formula is C13H14N2O5. The second-order valence-electron chi connectivity index (χ2n) is 3.92. The summed E-state index contributed by atoms with van der Waals surface area (Å²) in [6.07, 6.45) is 4.03. The first-order valence-corrected chi connectivity index (χ1v) is 5.75. The zero-order valence-electron chi connectivity index (χ0n) is 10.8. The monoisotopic (exact) mass is 278 g/mol. The molecule has 0 heterocycles. The molecule has 0 aliphatic carbocycles. The molecule has 1 unspecified atom stereocenters. The Kier molecular flexibility index (Phi) is 5.50. The lowest BCUT2D eigenvalue weighted by Crippen LogP contribution is -2.29. The van der Waals surface area contributed by atoms with E-state index in [1.807, 2.05) is 0 Å². The molecule has 1 aromatic carbocycles. The minimum absolute atomic E-state index is 0.0890. The van der Waals surface area contributed by atoms with Crippen LogP contribution in [0.5, 0.6) is 5.75 Å². The Hall–Kier alpha value is -2.59. The number of aliphatic hydroxyl groups is 1. The molecule has 0 aliphatic heterocycles. The summed E-state index contributed by atoms with van der Waals surface area (Å²) in [7, 11) is 0. The third-order valence-electron chi connectivity index (χ3n) is 2.40. The number of rotatable bonds is 6. The van der Waals surface area contributed by atoms with Crippen molar-refractivity contribution >= 4 is 11.6 Å². The number of amides is 1. The van der Waals surface area contributed by atoms with E-state index < -0.39 is 16.9 Å². The topological polar surface area (TPSA) is 102 Å². The summed E-state index contributed by atoms with van der Waals surface area (Å²) < 4.78 is 5.23. The fraction of sp³-hybridized carbons (Fsp3) is 0.308. The Morgan fingerprint density at radius 2 is 2.35 bits per heavy atom. The van der Waals surface area contributed by atoms with Crippen LogP contribution in [0.1, 0.15) is 18.6 Å². The summed E-state index contributed by atoms with van der Waals surface area (Å²) in [5.74, 6) is 2.03. The van der Waals surface area contributed by atoms with Crippen molar-refractivity contribution in [2.45, 2.75) is 13.0 Å². The Balaban J connectivity index is 2.82. The van der Waals surface area contributed by atoms with Gasteiger partial charge in [0.25, 0.3) is 11.6 Å². The molecule has 7 heteroatoms. The Bertz CT molecular complexity index is 548. The number of aliphatic hydroxyl groups excluding tert-OH is 1. The lowest BCUT2D eigenvalue weighted by Gasteiger charge is -2.12. The van der Waals surface area contributed by atoms with E-state index in [1.54, 1.807) is 0 Å². The van der Waals surface area contributed by atoms with Gasteiger partial charge in [0, 0.05) is 17.7 Å². The van der Waals surface area contributed by atoms with Crippen LogP contribution in [0.2, 0.25) is 0 Å². The van der Waals surface area contributed by atoms with Crippen LogP contribution in [0.25, 0.3) is 0 Å². The van der Waals surface area contributed by atoms with E-state index >= 15 is 0 Å². The van der Waals surface area contributed by atoms with E-state index in [2.05, 4.69) is 11.2 Å². The second-order valence-corrected chi connectivity index (χ2v) is 3.92. The van der Waals surface area contributed by atoms with E-state index in [9.17, 15) is 20.0 Å². The average molecular weight is 278 g/mol. The van der Waals surface area contributed by atoms with Crippen molar-refractivity contribution in [2.75, 3.05) is 13.2 Å². The molecule has 0 saturated heterocycles. The molecule has 0 aliphatic rings. The molecule has 1 aromatic rings. The first-order chi connectivity index (χ1) is 9.45.